The lowest BCUT2D eigenvalue weighted by Gasteiger charge is -2.23. The molecule has 30 heavy (non-hydrogen) atoms. The summed E-state index contributed by atoms with van der Waals surface area (Å²) in [5, 5.41) is 14.3. The molecular formula is C22H31N3O5. The van der Waals surface area contributed by atoms with E-state index in [1.165, 1.54) is 0 Å². The zero-order valence-electron chi connectivity index (χ0n) is 18.2. The van der Waals surface area contributed by atoms with Crippen molar-refractivity contribution in [1.82, 2.24) is 10.6 Å². The highest BCUT2D eigenvalue weighted by Crippen LogP contribution is 2.10. The van der Waals surface area contributed by atoms with Crippen molar-refractivity contribution in [3.63, 3.8) is 0 Å². The van der Waals surface area contributed by atoms with Crippen molar-refractivity contribution in [3.05, 3.63) is 35.9 Å². The van der Waals surface area contributed by atoms with E-state index in [9.17, 15) is 19.6 Å². The second-order valence-electron chi connectivity index (χ2n) is 8.37. The molecule has 0 spiro atoms. The molecule has 2 N–H and O–H groups in total. The summed E-state index contributed by atoms with van der Waals surface area (Å²) in [7, 11) is 0. The van der Waals surface area contributed by atoms with Crippen LogP contribution >= 0.6 is 0 Å². The molecule has 0 aromatic heterocycles. The zero-order valence-corrected chi connectivity index (χ0v) is 18.2. The summed E-state index contributed by atoms with van der Waals surface area (Å²) in [5.74, 6) is -1.05. The first-order valence-electron chi connectivity index (χ1n) is 9.89. The van der Waals surface area contributed by atoms with Gasteiger partial charge in [0.1, 0.15) is 24.3 Å². The van der Waals surface area contributed by atoms with Gasteiger partial charge in [0, 0.05) is 0 Å². The highest BCUT2D eigenvalue weighted by molar-refractivity contribution is 5.86. The summed E-state index contributed by atoms with van der Waals surface area (Å²) in [6.45, 7) is 9.03. The number of hydrogen-bond donors (Lipinski definition) is 2. The van der Waals surface area contributed by atoms with E-state index in [-0.39, 0.29) is 18.9 Å². The molecule has 8 heteroatoms. The summed E-state index contributed by atoms with van der Waals surface area (Å²) in [5.41, 5.74) is 0.130. The summed E-state index contributed by atoms with van der Waals surface area (Å²) in [6.07, 6.45) is -0.677. The number of alkyl carbamates (subject to hydrolysis) is 1. The molecule has 0 saturated carbocycles. The SMILES string of the molecule is CC(C)C[C@H](NC(=O)OCc1ccccc1)C(=O)N[C@H](C#N)CC(=O)OC(C)(C)C. The number of amides is 2. The lowest BCUT2D eigenvalue weighted by atomic mass is 10.0. The van der Waals surface area contributed by atoms with Crippen LogP contribution in [0.1, 0.15) is 53.0 Å². The van der Waals surface area contributed by atoms with Gasteiger partial charge in [-0.3, -0.25) is 9.59 Å². The maximum atomic E-state index is 12.6. The molecule has 1 aromatic carbocycles. The van der Waals surface area contributed by atoms with Crippen LogP contribution in [0.15, 0.2) is 30.3 Å². The molecule has 0 fully saturated rings. The molecule has 8 nitrogen and oxygen atoms in total. The standard InChI is InChI=1S/C22H31N3O5/c1-15(2)11-18(25-21(28)29-14-16-9-7-6-8-10-16)20(27)24-17(13-23)12-19(26)30-22(3,4)5/h6-10,15,17-18H,11-12,14H2,1-5H3,(H,24,27)(H,25,28)/t17-,18-/m0/s1. The summed E-state index contributed by atoms with van der Waals surface area (Å²) >= 11 is 0. The van der Waals surface area contributed by atoms with Gasteiger partial charge in [-0.25, -0.2) is 4.79 Å². The van der Waals surface area contributed by atoms with Crippen molar-refractivity contribution in [2.24, 2.45) is 5.92 Å². The molecule has 2 amide bonds. The van der Waals surface area contributed by atoms with Crippen LogP contribution in [0.3, 0.4) is 0 Å². The topological polar surface area (TPSA) is 118 Å². The van der Waals surface area contributed by atoms with Crippen LogP contribution in [0, 0.1) is 17.2 Å². The quantitative estimate of drug-likeness (QED) is 0.596. The molecule has 0 saturated heterocycles. The summed E-state index contributed by atoms with van der Waals surface area (Å²) in [6, 6.07) is 9.07. The van der Waals surface area contributed by atoms with Crippen LogP contribution in [0.25, 0.3) is 0 Å². The number of benzene rings is 1. The first-order valence-corrected chi connectivity index (χ1v) is 9.89. The zero-order chi connectivity index (χ0) is 22.7. The Kier molecular flexibility index (Phi) is 9.82. The summed E-state index contributed by atoms with van der Waals surface area (Å²) in [4.78, 5) is 36.7. The van der Waals surface area contributed by atoms with Crippen LogP contribution < -0.4 is 10.6 Å². The Morgan fingerprint density at radius 3 is 2.27 bits per heavy atom. The molecule has 2 atom stereocenters. The molecular weight excluding hydrogens is 386 g/mol. The molecule has 0 aliphatic rings. The van der Waals surface area contributed by atoms with Crippen molar-refractivity contribution in [2.45, 2.75) is 71.8 Å². The number of nitrogens with zero attached hydrogens (tertiary/aromatic N) is 1. The van der Waals surface area contributed by atoms with Gasteiger partial charge in [-0.1, -0.05) is 44.2 Å². The number of carbonyl (C=O) groups is 3. The fraction of sp³-hybridized carbons (Fsp3) is 0.545. The highest BCUT2D eigenvalue weighted by Gasteiger charge is 2.27. The average Bonchev–Trinajstić information content (AvgIpc) is 2.64. The van der Waals surface area contributed by atoms with Crippen molar-refractivity contribution in [3.8, 4) is 6.07 Å². The van der Waals surface area contributed by atoms with E-state index in [4.69, 9.17) is 9.47 Å². The van der Waals surface area contributed by atoms with Crippen LogP contribution in [-0.4, -0.2) is 35.7 Å². The fourth-order valence-electron chi connectivity index (χ4n) is 2.56. The Bertz CT molecular complexity index is 750. The van der Waals surface area contributed by atoms with Crippen LogP contribution in [-0.2, 0) is 25.7 Å². The Balaban J connectivity index is 2.67. The Morgan fingerprint density at radius 1 is 1.10 bits per heavy atom. The van der Waals surface area contributed by atoms with Gasteiger partial charge in [0.15, 0.2) is 0 Å². The van der Waals surface area contributed by atoms with Crippen molar-refractivity contribution in [1.29, 1.82) is 5.26 Å². The van der Waals surface area contributed by atoms with Gasteiger partial charge in [0.2, 0.25) is 5.91 Å². The average molecular weight is 418 g/mol. The third-order valence-corrected chi connectivity index (χ3v) is 3.79. The number of esters is 1. The number of rotatable bonds is 9. The number of carbonyl (C=O) groups excluding carboxylic acids is 3. The lowest BCUT2D eigenvalue weighted by molar-refractivity contribution is -0.155. The first-order chi connectivity index (χ1) is 14.0. The van der Waals surface area contributed by atoms with Gasteiger partial charge in [-0.2, -0.15) is 5.26 Å². The van der Waals surface area contributed by atoms with E-state index in [1.807, 2.05) is 50.2 Å². The smallest absolute Gasteiger partial charge is 0.408 e. The monoisotopic (exact) mass is 417 g/mol. The third-order valence-electron chi connectivity index (χ3n) is 3.79. The van der Waals surface area contributed by atoms with Crippen LogP contribution in [0.4, 0.5) is 4.79 Å². The molecule has 0 radical (unpaired) electrons. The highest BCUT2D eigenvalue weighted by atomic mass is 16.6. The van der Waals surface area contributed by atoms with Crippen molar-refractivity contribution < 1.29 is 23.9 Å². The minimum Gasteiger partial charge on any atom is -0.460 e. The largest absolute Gasteiger partial charge is 0.460 e. The predicted octanol–water partition coefficient (Wildman–Crippen LogP) is 3.07. The minimum absolute atomic E-state index is 0.0716. The minimum atomic E-state index is -1.07. The number of nitrogens with one attached hydrogen (secondary N) is 2. The van der Waals surface area contributed by atoms with E-state index in [1.54, 1.807) is 20.8 Å². The van der Waals surface area contributed by atoms with E-state index in [2.05, 4.69) is 10.6 Å². The Hall–Kier alpha value is -3.08. The number of ether oxygens (including phenoxy) is 2. The number of nitriles is 1. The van der Waals surface area contributed by atoms with Gasteiger partial charge in [0.25, 0.3) is 0 Å². The fourth-order valence-corrected chi connectivity index (χ4v) is 2.56. The predicted molar refractivity (Wildman–Crippen MR) is 111 cm³/mol. The van der Waals surface area contributed by atoms with Crippen LogP contribution in [0.2, 0.25) is 0 Å². The van der Waals surface area contributed by atoms with E-state index >= 15 is 0 Å². The second-order valence-corrected chi connectivity index (χ2v) is 8.37. The summed E-state index contributed by atoms with van der Waals surface area (Å²) < 4.78 is 10.4. The Labute approximate surface area is 177 Å². The maximum Gasteiger partial charge on any atom is 0.408 e. The van der Waals surface area contributed by atoms with E-state index < -0.39 is 35.7 Å². The molecule has 0 unspecified atom stereocenters. The third kappa shape index (κ3) is 10.5. The van der Waals surface area contributed by atoms with Crippen molar-refractivity contribution in [2.75, 3.05) is 0 Å². The van der Waals surface area contributed by atoms with Gasteiger partial charge in [0.05, 0.1) is 12.5 Å². The second kappa shape index (κ2) is 11.8. The molecule has 0 bridgehead atoms. The molecule has 164 valence electrons. The van der Waals surface area contributed by atoms with Crippen LogP contribution in [0.5, 0.6) is 0 Å². The molecule has 0 heterocycles. The van der Waals surface area contributed by atoms with Crippen molar-refractivity contribution >= 4 is 18.0 Å². The van der Waals surface area contributed by atoms with Gasteiger partial charge >= 0.3 is 12.1 Å². The number of hydrogen-bond acceptors (Lipinski definition) is 6. The Morgan fingerprint density at radius 2 is 1.73 bits per heavy atom. The molecule has 1 rings (SSSR count). The molecule has 0 aliphatic carbocycles. The van der Waals surface area contributed by atoms with E-state index in [0.717, 1.165) is 5.56 Å². The molecule has 1 aromatic rings. The van der Waals surface area contributed by atoms with Gasteiger partial charge < -0.3 is 20.1 Å². The maximum absolute atomic E-state index is 12.6. The molecule has 0 aliphatic heterocycles. The van der Waals surface area contributed by atoms with Gasteiger partial charge in [-0.15, -0.1) is 0 Å². The lowest BCUT2D eigenvalue weighted by Crippen LogP contribution is -2.50. The first kappa shape index (κ1) is 25.0. The van der Waals surface area contributed by atoms with E-state index in [0.29, 0.717) is 6.42 Å². The van der Waals surface area contributed by atoms with Gasteiger partial charge in [-0.05, 0) is 38.7 Å². The normalized spacial score (nSPS) is 13.0.